The quantitative estimate of drug-likeness (QED) is 0.760. The third kappa shape index (κ3) is 2.08. The van der Waals surface area contributed by atoms with Crippen molar-refractivity contribution in [1.29, 1.82) is 0 Å². The Balaban J connectivity index is 1.82. The summed E-state index contributed by atoms with van der Waals surface area (Å²) in [6.07, 6.45) is 0. The minimum absolute atomic E-state index is 0.317. The average Bonchev–Trinajstić information content (AvgIpc) is 2.99. The Morgan fingerprint density at radius 1 is 1.11 bits per heavy atom. The zero-order valence-electron chi connectivity index (χ0n) is 9.62. The highest BCUT2D eigenvalue weighted by Crippen LogP contribution is 2.21. The summed E-state index contributed by atoms with van der Waals surface area (Å²) in [4.78, 5) is 0. The van der Waals surface area contributed by atoms with Gasteiger partial charge in [-0.25, -0.2) is 0 Å². The van der Waals surface area contributed by atoms with E-state index in [1.165, 1.54) is 0 Å². The first-order valence-corrected chi connectivity index (χ1v) is 5.40. The van der Waals surface area contributed by atoms with Crippen molar-refractivity contribution in [2.45, 2.75) is 6.92 Å². The molecule has 0 aliphatic carbocycles. The van der Waals surface area contributed by atoms with Gasteiger partial charge < -0.3 is 14.3 Å². The SMILES string of the molecule is Cc1cc(-c2nnc(Nc3ccccc3)o2)no1. The molecule has 0 aliphatic heterocycles. The molecule has 0 spiro atoms. The van der Waals surface area contributed by atoms with E-state index >= 15 is 0 Å². The molecule has 6 heteroatoms. The zero-order valence-corrected chi connectivity index (χ0v) is 9.62. The van der Waals surface area contributed by atoms with Gasteiger partial charge in [0.05, 0.1) is 0 Å². The van der Waals surface area contributed by atoms with Crippen LogP contribution in [0.15, 0.2) is 45.3 Å². The van der Waals surface area contributed by atoms with Gasteiger partial charge in [0.15, 0.2) is 5.69 Å². The van der Waals surface area contributed by atoms with Gasteiger partial charge in [0.1, 0.15) is 5.76 Å². The largest absolute Gasteiger partial charge is 0.401 e. The van der Waals surface area contributed by atoms with Crippen molar-refractivity contribution in [3.63, 3.8) is 0 Å². The first-order valence-electron chi connectivity index (χ1n) is 5.40. The summed E-state index contributed by atoms with van der Waals surface area (Å²) >= 11 is 0. The van der Waals surface area contributed by atoms with Gasteiger partial charge in [-0.05, 0) is 19.1 Å². The van der Waals surface area contributed by atoms with E-state index in [2.05, 4.69) is 20.7 Å². The zero-order chi connectivity index (χ0) is 12.4. The standard InChI is InChI=1S/C12H10N4O2/c1-8-7-10(16-18-8)11-14-15-12(17-11)13-9-5-3-2-4-6-9/h2-7H,1H3,(H,13,15). The molecule has 0 saturated heterocycles. The van der Waals surface area contributed by atoms with Gasteiger partial charge >= 0.3 is 6.01 Å². The number of aryl methyl sites for hydroxylation is 1. The van der Waals surface area contributed by atoms with Crippen LogP contribution in [0.4, 0.5) is 11.7 Å². The molecular weight excluding hydrogens is 232 g/mol. The second-order valence-corrected chi connectivity index (χ2v) is 3.73. The summed E-state index contributed by atoms with van der Waals surface area (Å²) < 4.78 is 10.4. The van der Waals surface area contributed by atoms with Crippen LogP contribution in [0.2, 0.25) is 0 Å². The van der Waals surface area contributed by atoms with Crippen LogP contribution < -0.4 is 5.32 Å². The monoisotopic (exact) mass is 242 g/mol. The van der Waals surface area contributed by atoms with Gasteiger partial charge in [-0.2, -0.15) is 0 Å². The average molecular weight is 242 g/mol. The van der Waals surface area contributed by atoms with E-state index in [4.69, 9.17) is 8.94 Å². The van der Waals surface area contributed by atoms with Crippen molar-refractivity contribution in [2.24, 2.45) is 0 Å². The summed E-state index contributed by atoms with van der Waals surface area (Å²) in [5.74, 6) is 1.02. The number of aromatic nitrogens is 3. The maximum atomic E-state index is 5.43. The Labute approximate surface area is 103 Å². The number of hydrogen-bond acceptors (Lipinski definition) is 6. The number of nitrogens with zero attached hydrogens (tertiary/aromatic N) is 3. The van der Waals surface area contributed by atoms with E-state index in [1.54, 1.807) is 13.0 Å². The fourth-order valence-corrected chi connectivity index (χ4v) is 1.49. The highest BCUT2D eigenvalue weighted by atomic mass is 16.5. The summed E-state index contributed by atoms with van der Waals surface area (Å²) in [5.41, 5.74) is 1.41. The molecule has 6 nitrogen and oxygen atoms in total. The van der Waals surface area contributed by atoms with Crippen LogP contribution >= 0.6 is 0 Å². The van der Waals surface area contributed by atoms with Gasteiger partial charge in [0.2, 0.25) is 0 Å². The lowest BCUT2D eigenvalue weighted by Crippen LogP contribution is -1.88. The molecule has 3 aromatic rings. The third-order valence-electron chi connectivity index (χ3n) is 2.30. The Bertz CT molecular complexity index is 645. The molecular formula is C12H10N4O2. The first-order chi connectivity index (χ1) is 8.81. The molecule has 3 rings (SSSR count). The lowest BCUT2D eigenvalue weighted by molar-refractivity contribution is 0.397. The number of hydrogen-bond donors (Lipinski definition) is 1. The molecule has 2 heterocycles. The molecule has 0 bridgehead atoms. The summed E-state index contributed by atoms with van der Waals surface area (Å²) in [6, 6.07) is 11.6. The van der Waals surface area contributed by atoms with E-state index in [1.807, 2.05) is 30.3 Å². The van der Waals surface area contributed by atoms with Crippen LogP contribution in [0.1, 0.15) is 5.76 Å². The second kappa shape index (κ2) is 4.33. The molecule has 0 aliphatic rings. The van der Waals surface area contributed by atoms with E-state index in [9.17, 15) is 0 Å². The van der Waals surface area contributed by atoms with Crippen LogP contribution in [-0.4, -0.2) is 15.4 Å². The van der Waals surface area contributed by atoms with Crippen molar-refractivity contribution in [3.8, 4) is 11.6 Å². The molecule has 0 saturated carbocycles. The Morgan fingerprint density at radius 3 is 2.67 bits per heavy atom. The van der Waals surface area contributed by atoms with E-state index in [0.717, 1.165) is 5.69 Å². The molecule has 90 valence electrons. The van der Waals surface area contributed by atoms with Gasteiger partial charge in [0.25, 0.3) is 5.89 Å². The maximum absolute atomic E-state index is 5.43. The van der Waals surface area contributed by atoms with Gasteiger partial charge in [-0.1, -0.05) is 28.5 Å². The molecule has 2 aromatic heterocycles. The molecule has 0 radical (unpaired) electrons. The van der Waals surface area contributed by atoms with Gasteiger partial charge in [0, 0.05) is 11.8 Å². The second-order valence-electron chi connectivity index (χ2n) is 3.73. The Morgan fingerprint density at radius 2 is 1.94 bits per heavy atom. The maximum Gasteiger partial charge on any atom is 0.320 e. The molecule has 0 amide bonds. The summed E-state index contributed by atoms with van der Waals surface area (Å²) in [6.45, 7) is 1.80. The summed E-state index contributed by atoms with van der Waals surface area (Å²) in [7, 11) is 0. The van der Waals surface area contributed by atoms with E-state index < -0.39 is 0 Å². The highest BCUT2D eigenvalue weighted by Gasteiger charge is 2.12. The number of anilines is 2. The van der Waals surface area contributed by atoms with Gasteiger partial charge in [-0.3, -0.25) is 0 Å². The summed E-state index contributed by atoms with van der Waals surface area (Å²) in [5, 5.41) is 14.6. The van der Waals surface area contributed by atoms with Gasteiger partial charge in [-0.15, -0.1) is 5.10 Å². The van der Waals surface area contributed by atoms with Crippen LogP contribution in [0.3, 0.4) is 0 Å². The minimum Gasteiger partial charge on any atom is -0.401 e. The first kappa shape index (κ1) is 10.5. The van der Waals surface area contributed by atoms with E-state index in [-0.39, 0.29) is 0 Å². The van der Waals surface area contributed by atoms with Crippen molar-refractivity contribution < 1.29 is 8.94 Å². The fraction of sp³-hybridized carbons (Fsp3) is 0.0833. The number of benzene rings is 1. The molecule has 0 fully saturated rings. The predicted molar refractivity (Wildman–Crippen MR) is 64.3 cm³/mol. The third-order valence-corrected chi connectivity index (χ3v) is 2.30. The normalized spacial score (nSPS) is 10.5. The molecule has 1 aromatic carbocycles. The van der Waals surface area contributed by atoms with Crippen molar-refractivity contribution >= 4 is 11.7 Å². The molecule has 1 N–H and O–H groups in total. The van der Waals surface area contributed by atoms with Crippen LogP contribution in [0.5, 0.6) is 0 Å². The number of nitrogens with one attached hydrogen (secondary N) is 1. The topological polar surface area (TPSA) is 77.0 Å². The molecule has 0 unspecified atom stereocenters. The Kier molecular flexibility index (Phi) is 2.53. The number of rotatable bonds is 3. The minimum atomic E-state index is 0.317. The van der Waals surface area contributed by atoms with Crippen molar-refractivity contribution in [1.82, 2.24) is 15.4 Å². The lowest BCUT2D eigenvalue weighted by Gasteiger charge is -1.98. The van der Waals surface area contributed by atoms with Crippen LogP contribution in [-0.2, 0) is 0 Å². The predicted octanol–water partition coefficient (Wildman–Crippen LogP) is 2.78. The van der Waals surface area contributed by atoms with Crippen molar-refractivity contribution in [3.05, 3.63) is 42.2 Å². The number of para-hydroxylation sites is 1. The molecule has 18 heavy (non-hydrogen) atoms. The van der Waals surface area contributed by atoms with Crippen molar-refractivity contribution in [2.75, 3.05) is 5.32 Å². The Hall–Kier alpha value is -2.63. The van der Waals surface area contributed by atoms with E-state index in [0.29, 0.717) is 23.4 Å². The van der Waals surface area contributed by atoms with Crippen LogP contribution in [0, 0.1) is 6.92 Å². The molecule has 0 atom stereocenters. The smallest absolute Gasteiger partial charge is 0.320 e. The highest BCUT2D eigenvalue weighted by molar-refractivity contribution is 5.53. The van der Waals surface area contributed by atoms with Crippen LogP contribution in [0.25, 0.3) is 11.6 Å². The lowest BCUT2D eigenvalue weighted by atomic mass is 10.3. The fourth-order valence-electron chi connectivity index (χ4n) is 1.49.